The minimum absolute atomic E-state index is 0.0746. The molecule has 2 N–H and O–H groups in total. The van der Waals surface area contributed by atoms with Gasteiger partial charge in [-0.3, -0.25) is 4.79 Å². The van der Waals surface area contributed by atoms with Crippen molar-refractivity contribution in [2.75, 3.05) is 6.54 Å². The van der Waals surface area contributed by atoms with Gasteiger partial charge >= 0.3 is 0 Å². The first kappa shape index (κ1) is 12.7. The van der Waals surface area contributed by atoms with E-state index in [4.69, 9.17) is 10.5 Å². The molecular formula is C13H19NO2. The van der Waals surface area contributed by atoms with Gasteiger partial charge in [-0.15, -0.1) is 0 Å². The molecule has 3 nitrogen and oxygen atoms in total. The Morgan fingerprint density at radius 2 is 2.00 bits per heavy atom. The molecule has 0 aliphatic carbocycles. The smallest absolute Gasteiger partial charge is 0.174 e. The molecule has 0 saturated carbocycles. The molecule has 1 aromatic carbocycles. The fourth-order valence-corrected chi connectivity index (χ4v) is 1.43. The quantitative estimate of drug-likeness (QED) is 0.800. The molecule has 3 heteroatoms. The number of nitrogens with two attached hydrogens (primary N) is 1. The molecular weight excluding hydrogens is 202 g/mol. The highest BCUT2D eigenvalue weighted by Gasteiger charge is 2.17. The van der Waals surface area contributed by atoms with Crippen LogP contribution in [0.3, 0.4) is 0 Å². The number of hydrogen-bond acceptors (Lipinski definition) is 3. The van der Waals surface area contributed by atoms with Crippen LogP contribution in [0.1, 0.15) is 25.3 Å². The third-order valence-electron chi connectivity index (χ3n) is 2.37. The number of benzene rings is 1. The van der Waals surface area contributed by atoms with E-state index in [1.54, 1.807) is 0 Å². The summed E-state index contributed by atoms with van der Waals surface area (Å²) in [5.74, 6) is 0.774. The van der Waals surface area contributed by atoms with Gasteiger partial charge in [0.15, 0.2) is 11.9 Å². The SMILES string of the molecule is CCCC(=O)C(CN)Oc1ccc(C)cc1. The van der Waals surface area contributed by atoms with E-state index in [1.807, 2.05) is 38.1 Å². The largest absolute Gasteiger partial charge is 0.481 e. The Morgan fingerprint density at radius 1 is 1.38 bits per heavy atom. The van der Waals surface area contributed by atoms with E-state index in [9.17, 15) is 4.79 Å². The van der Waals surface area contributed by atoms with Gasteiger partial charge in [0, 0.05) is 13.0 Å². The van der Waals surface area contributed by atoms with E-state index < -0.39 is 6.10 Å². The van der Waals surface area contributed by atoms with Gasteiger partial charge in [0.2, 0.25) is 0 Å². The Labute approximate surface area is 96.6 Å². The van der Waals surface area contributed by atoms with Crippen LogP contribution in [0.2, 0.25) is 0 Å². The molecule has 16 heavy (non-hydrogen) atoms. The molecule has 0 spiro atoms. The zero-order chi connectivity index (χ0) is 12.0. The number of aryl methyl sites for hydroxylation is 1. The van der Waals surface area contributed by atoms with E-state index in [0.717, 1.165) is 12.0 Å². The first-order valence-electron chi connectivity index (χ1n) is 5.63. The van der Waals surface area contributed by atoms with Gasteiger partial charge in [0.25, 0.3) is 0 Å². The predicted molar refractivity (Wildman–Crippen MR) is 64.6 cm³/mol. The molecule has 0 bridgehead atoms. The molecule has 0 fully saturated rings. The molecule has 0 saturated heterocycles. The van der Waals surface area contributed by atoms with E-state index in [1.165, 1.54) is 0 Å². The summed E-state index contributed by atoms with van der Waals surface area (Å²) in [5.41, 5.74) is 6.70. The van der Waals surface area contributed by atoms with Crippen molar-refractivity contribution >= 4 is 5.78 Å². The second-order valence-corrected chi connectivity index (χ2v) is 3.87. The maximum atomic E-state index is 11.6. The van der Waals surface area contributed by atoms with Crippen LogP contribution < -0.4 is 10.5 Å². The summed E-state index contributed by atoms with van der Waals surface area (Å²) in [6.45, 7) is 4.20. The standard InChI is InChI=1S/C13H19NO2/c1-3-4-12(15)13(9-14)16-11-7-5-10(2)6-8-11/h5-8,13H,3-4,9,14H2,1-2H3. The molecule has 0 amide bonds. The van der Waals surface area contributed by atoms with Crippen molar-refractivity contribution in [2.45, 2.75) is 32.8 Å². The summed E-state index contributed by atoms with van der Waals surface area (Å²) in [4.78, 5) is 11.6. The molecule has 0 heterocycles. The lowest BCUT2D eigenvalue weighted by Gasteiger charge is -2.16. The van der Waals surface area contributed by atoms with E-state index in [0.29, 0.717) is 12.2 Å². The van der Waals surface area contributed by atoms with Crippen LogP contribution >= 0.6 is 0 Å². The van der Waals surface area contributed by atoms with E-state index in [2.05, 4.69) is 0 Å². The molecule has 0 radical (unpaired) electrons. The fraction of sp³-hybridized carbons (Fsp3) is 0.462. The number of carbonyl (C=O) groups excluding carboxylic acids is 1. The highest BCUT2D eigenvalue weighted by atomic mass is 16.5. The Bertz CT molecular complexity index is 332. The van der Waals surface area contributed by atoms with Crippen molar-refractivity contribution < 1.29 is 9.53 Å². The number of ether oxygens (including phenoxy) is 1. The van der Waals surface area contributed by atoms with E-state index >= 15 is 0 Å². The molecule has 0 aliphatic rings. The monoisotopic (exact) mass is 221 g/mol. The molecule has 0 aromatic heterocycles. The maximum absolute atomic E-state index is 11.6. The molecule has 88 valence electrons. The number of ketones is 1. The average Bonchev–Trinajstić information content (AvgIpc) is 2.28. The van der Waals surface area contributed by atoms with Gasteiger partial charge < -0.3 is 10.5 Å². The van der Waals surface area contributed by atoms with Crippen LogP contribution in [-0.4, -0.2) is 18.4 Å². The van der Waals surface area contributed by atoms with Gasteiger partial charge in [0.05, 0.1) is 0 Å². The lowest BCUT2D eigenvalue weighted by Crippen LogP contribution is -2.34. The second kappa shape index (κ2) is 6.28. The first-order chi connectivity index (χ1) is 7.67. The minimum atomic E-state index is -0.511. The maximum Gasteiger partial charge on any atom is 0.174 e. The number of carbonyl (C=O) groups is 1. The summed E-state index contributed by atoms with van der Waals surface area (Å²) in [6, 6.07) is 7.62. The third-order valence-corrected chi connectivity index (χ3v) is 2.37. The summed E-state index contributed by atoms with van der Waals surface area (Å²) < 4.78 is 5.56. The number of rotatable bonds is 6. The number of hydrogen-bond donors (Lipinski definition) is 1. The molecule has 1 atom stereocenters. The number of Topliss-reactive ketones (excluding diaryl/α,β-unsaturated/α-hetero) is 1. The molecule has 1 aromatic rings. The van der Waals surface area contributed by atoms with Crippen molar-refractivity contribution in [3.63, 3.8) is 0 Å². The Hall–Kier alpha value is -1.35. The minimum Gasteiger partial charge on any atom is -0.481 e. The van der Waals surface area contributed by atoms with Crippen LogP contribution in [0.15, 0.2) is 24.3 Å². The van der Waals surface area contributed by atoms with Crippen molar-refractivity contribution in [2.24, 2.45) is 5.73 Å². The summed E-state index contributed by atoms with van der Waals surface area (Å²) in [6.07, 6.45) is 0.836. The van der Waals surface area contributed by atoms with Crippen molar-refractivity contribution in [1.29, 1.82) is 0 Å². The highest BCUT2D eigenvalue weighted by Crippen LogP contribution is 2.14. The Balaban J connectivity index is 2.62. The van der Waals surface area contributed by atoms with E-state index in [-0.39, 0.29) is 12.3 Å². The summed E-state index contributed by atoms with van der Waals surface area (Å²) in [7, 11) is 0. The van der Waals surface area contributed by atoms with Gasteiger partial charge in [-0.2, -0.15) is 0 Å². The van der Waals surface area contributed by atoms with Gasteiger partial charge in [-0.25, -0.2) is 0 Å². The van der Waals surface area contributed by atoms with Crippen LogP contribution in [0, 0.1) is 6.92 Å². The first-order valence-corrected chi connectivity index (χ1v) is 5.63. The lowest BCUT2D eigenvalue weighted by atomic mass is 10.1. The van der Waals surface area contributed by atoms with Crippen LogP contribution in [0.5, 0.6) is 5.75 Å². The van der Waals surface area contributed by atoms with Crippen LogP contribution in [-0.2, 0) is 4.79 Å². The molecule has 1 unspecified atom stereocenters. The molecule has 0 aliphatic heterocycles. The zero-order valence-electron chi connectivity index (χ0n) is 9.90. The fourth-order valence-electron chi connectivity index (χ4n) is 1.43. The Morgan fingerprint density at radius 3 is 2.50 bits per heavy atom. The van der Waals surface area contributed by atoms with Crippen molar-refractivity contribution in [1.82, 2.24) is 0 Å². The highest BCUT2D eigenvalue weighted by molar-refractivity contribution is 5.83. The van der Waals surface area contributed by atoms with Crippen molar-refractivity contribution in [3.05, 3.63) is 29.8 Å². The molecule has 1 rings (SSSR count). The Kier molecular flexibility index (Phi) is 4.99. The summed E-state index contributed by atoms with van der Waals surface area (Å²) in [5, 5.41) is 0. The topological polar surface area (TPSA) is 52.3 Å². The van der Waals surface area contributed by atoms with Crippen molar-refractivity contribution in [3.8, 4) is 5.75 Å². The third kappa shape index (κ3) is 3.66. The van der Waals surface area contributed by atoms with Crippen LogP contribution in [0.4, 0.5) is 0 Å². The summed E-state index contributed by atoms with van der Waals surface area (Å²) >= 11 is 0. The van der Waals surface area contributed by atoms with Gasteiger partial charge in [-0.1, -0.05) is 24.6 Å². The lowest BCUT2D eigenvalue weighted by molar-refractivity contribution is -0.125. The average molecular weight is 221 g/mol. The second-order valence-electron chi connectivity index (χ2n) is 3.87. The van der Waals surface area contributed by atoms with Gasteiger partial charge in [0.1, 0.15) is 5.75 Å². The van der Waals surface area contributed by atoms with Gasteiger partial charge in [-0.05, 0) is 25.5 Å². The normalized spacial score (nSPS) is 12.2. The predicted octanol–water partition coefficient (Wildman–Crippen LogP) is 2.07. The van der Waals surface area contributed by atoms with Crippen LogP contribution in [0.25, 0.3) is 0 Å². The zero-order valence-corrected chi connectivity index (χ0v) is 9.90.